The fourth-order valence-corrected chi connectivity index (χ4v) is 7.52. The van der Waals surface area contributed by atoms with Crippen LogP contribution in [-0.2, 0) is 26.0 Å². The number of hydrogen-bond donors (Lipinski definition) is 0. The molecule has 0 N–H and O–H groups in total. The van der Waals surface area contributed by atoms with E-state index in [-0.39, 0.29) is 35.2 Å². The number of carbonyl (C=O) groups is 2. The van der Waals surface area contributed by atoms with Crippen molar-refractivity contribution in [2.75, 3.05) is 26.3 Å². The molecule has 4 atom stereocenters. The summed E-state index contributed by atoms with van der Waals surface area (Å²) in [5.41, 5.74) is 1.01. The van der Waals surface area contributed by atoms with Gasteiger partial charge in [-0.25, -0.2) is 4.79 Å². The molecule has 2 fully saturated rings. The topological polar surface area (TPSA) is 84.3 Å². The van der Waals surface area contributed by atoms with E-state index in [1.807, 2.05) is 85.2 Å². The van der Waals surface area contributed by atoms with Crippen molar-refractivity contribution in [1.82, 2.24) is 14.8 Å². The monoisotopic (exact) mass is 676 g/mol. The van der Waals surface area contributed by atoms with Crippen molar-refractivity contribution in [1.29, 1.82) is 0 Å². The predicted octanol–water partition coefficient (Wildman–Crippen LogP) is 7.84. The molecule has 0 spiro atoms. The van der Waals surface area contributed by atoms with Gasteiger partial charge in [0.05, 0.1) is 24.7 Å². The van der Waals surface area contributed by atoms with Crippen molar-refractivity contribution in [3.8, 4) is 5.75 Å². The van der Waals surface area contributed by atoms with Gasteiger partial charge in [0.25, 0.3) is 0 Å². The Morgan fingerprint density at radius 1 is 0.915 bits per heavy atom. The van der Waals surface area contributed by atoms with Gasteiger partial charge in [-0.1, -0.05) is 68.2 Å². The number of urea groups is 1. The molecule has 8 nitrogen and oxygen atoms in total. The molecular formula is C37H42Cl2N4O4. The van der Waals surface area contributed by atoms with E-state index in [1.54, 1.807) is 6.20 Å². The Bertz CT molecular complexity index is 1710. The van der Waals surface area contributed by atoms with Gasteiger partial charge in [-0.15, -0.1) is 0 Å². The summed E-state index contributed by atoms with van der Waals surface area (Å²) >= 11 is 12.7. The second-order valence-electron chi connectivity index (χ2n) is 14.0. The lowest BCUT2D eigenvalue weighted by atomic mass is 9.71. The lowest BCUT2D eigenvalue weighted by Gasteiger charge is -2.46. The molecule has 6 rings (SSSR count). The van der Waals surface area contributed by atoms with Crippen LogP contribution in [0.25, 0.3) is 0 Å². The van der Waals surface area contributed by atoms with Gasteiger partial charge < -0.3 is 14.4 Å². The van der Waals surface area contributed by atoms with Gasteiger partial charge in [0.2, 0.25) is 0 Å². The fourth-order valence-electron chi connectivity index (χ4n) is 7.27. The van der Waals surface area contributed by atoms with Crippen LogP contribution in [0.15, 0.2) is 65.8 Å². The number of likely N-dealkylation sites (tertiary alicyclic amines) is 1. The highest BCUT2D eigenvalue weighted by Crippen LogP contribution is 2.56. The number of fused-ring (bicyclic) bond motifs is 1. The minimum absolute atomic E-state index is 0.0807. The smallest absolute Gasteiger partial charge is 0.326 e. The molecule has 3 aromatic rings. The summed E-state index contributed by atoms with van der Waals surface area (Å²) < 4.78 is 11.6. The minimum atomic E-state index is -1.03. The maximum absolute atomic E-state index is 15.1. The Morgan fingerprint density at radius 2 is 1.49 bits per heavy atom. The highest BCUT2D eigenvalue weighted by molar-refractivity contribution is 6.30. The van der Waals surface area contributed by atoms with Gasteiger partial charge in [-0.3, -0.25) is 19.7 Å². The van der Waals surface area contributed by atoms with E-state index in [0.29, 0.717) is 53.5 Å². The minimum Gasteiger partial charge on any atom is -0.493 e. The number of pyridine rings is 1. The molecule has 2 amide bonds. The number of carbonyl (C=O) groups excluding carboxylic acids is 2. The molecule has 1 saturated heterocycles. The summed E-state index contributed by atoms with van der Waals surface area (Å²) in [7, 11) is 0. The Balaban J connectivity index is 1.53. The van der Waals surface area contributed by atoms with Crippen LogP contribution < -0.4 is 4.74 Å². The summed E-state index contributed by atoms with van der Waals surface area (Å²) in [6.07, 6.45) is 1.78. The molecular weight excluding hydrogens is 635 g/mol. The van der Waals surface area contributed by atoms with E-state index in [1.165, 1.54) is 0 Å². The molecule has 248 valence electrons. The number of halogens is 2. The number of amidine groups is 1. The Kier molecular flexibility index (Phi) is 8.58. The van der Waals surface area contributed by atoms with Gasteiger partial charge in [0, 0.05) is 46.5 Å². The first-order valence-corrected chi connectivity index (χ1v) is 17.0. The van der Waals surface area contributed by atoms with E-state index >= 15 is 4.79 Å². The summed E-state index contributed by atoms with van der Waals surface area (Å²) in [6, 6.07) is 17.0. The molecule has 0 unspecified atom stereocenters. The number of esters is 1. The highest BCUT2D eigenvalue weighted by atomic mass is 35.5. The largest absolute Gasteiger partial charge is 0.493 e. The summed E-state index contributed by atoms with van der Waals surface area (Å²) in [5, 5.41) is 1.20. The molecule has 1 aliphatic carbocycles. The van der Waals surface area contributed by atoms with Gasteiger partial charge in [-0.05, 0) is 74.9 Å². The molecule has 2 aliphatic heterocycles. The van der Waals surface area contributed by atoms with Crippen LogP contribution in [0, 0.1) is 17.8 Å². The third-order valence-electron chi connectivity index (χ3n) is 10.1. The average Bonchev–Trinajstić information content (AvgIpc) is 3.41. The summed E-state index contributed by atoms with van der Waals surface area (Å²) in [4.78, 5) is 41.6. The van der Waals surface area contributed by atoms with E-state index < -0.39 is 11.1 Å². The molecule has 0 radical (unpaired) electrons. The molecule has 47 heavy (non-hydrogen) atoms. The number of aromatic nitrogens is 1. The third kappa shape index (κ3) is 5.57. The predicted molar refractivity (Wildman–Crippen MR) is 184 cm³/mol. The molecule has 2 aromatic carbocycles. The zero-order chi connectivity index (χ0) is 33.9. The quantitative estimate of drug-likeness (QED) is 0.238. The van der Waals surface area contributed by atoms with Gasteiger partial charge >= 0.3 is 12.0 Å². The zero-order valence-corrected chi connectivity index (χ0v) is 29.5. The Hall–Kier alpha value is -3.62. The highest BCUT2D eigenvalue weighted by Gasteiger charge is 2.64. The fraction of sp³-hybridized carbons (Fsp3) is 0.459. The van der Waals surface area contributed by atoms with Gasteiger partial charge in [0.1, 0.15) is 22.7 Å². The molecule has 10 heteroatoms. The van der Waals surface area contributed by atoms with Crippen molar-refractivity contribution < 1.29 is 19.1 Å². The second kappa shape index (κ2) is 12.1. The van der Waals surface area contributed by atoms with Gasteiger partial charge in [0.15, 0.2) is 0 Å². The van der Waals surface area contributed by atoms with Crippen LogP contribution in [0.1, 0.15) is 70.9 Å². The van der Waals surface area contributed by atoms with Gasteiger partial charge in [-0.2, -0.15) is 0 Å². The Labute approximate surface area is 287 Å². The normalized spacial score (nSPS) is 26.6. The van der Waals surface area contributed by atoms with Crippen LogP contribution >= 0.6 is 23.2 Å². The maximum atomic E-state index is 15.1. The van der Waals surface area contributed by atoms with E-state index in [2.05, 4.69) is 27.7 Å². The first-order valence-electron chi connectivity index (χ1n) is 16.3. The van der Waals surface area contributed by atoms with Crippen LogP contribution in [0.5, 0.6) is 5.75 Å². The van der Waals surface area contributed by atoms with Crippen molar-refractivity contribution in [3.05, 3.63) is 93.2 Å². The number of amides is 2. The van der Waals surface area contributed by atoms with Crippen LogP contribution in [-0.4, -0.2) is 58.9 Å². The number of hydrogen-bond acceptors (Lipinski definition) is 6. The van der Waals surface area contributed by atoms with E-state index in [4.69, 9.17) is 42.7 Å². The molecule has 1 saturated carbocycles. The molecule has 1 aromatic heterocycles. The molecule has 3 heterocycles. The van der Waals surface area contributed by atoms with Crippen molar-refractivity contribution in [2.45, 2.75) is 65.0 Å². The lowest BCUT2D eigenvalue weighted by molar-refractivity contribution is -0.145. The van der Waals surface area contributed by atoms with Crippen molar-refractivity contribution in [3.63, 3.8) is 0 Å². The molecule has 3 aliphatic rings. The average molecular weight is 678 g/mol. The standard InChI is InChI=1S/C37H42Cl2N4O4/c1-8-46-29-18-30(35(3,4)5)40-19-26(29)32-41-36(6,22-10-14-24(38)15-11-22)37(7,23-12-16-25(39)17-13-23)43(32)34(45)42-20-27-28(21-42)31(27)33(44)47-9-2/h10-19,27-28,31H,8-9,20-21H2,1-7H3/t27-,28-,36+,37-/m1/s1. The second-order valence-corrected chi connectivity index (χ2v) is 14.8. The summed E-state index contributed by atoms with van der Waals surface area (Å²) in [5.74, 6) is 0.893. The van der Waals surface area contributed by atoms with Crippen molar-refractivity contribution >= 4 is 41.0 Å². The summed E-state index contributed by atoms with van der Waals surface area (Å²) in [6.45, 7) is 15.9. The lowest BCUT2D eigenvalue weighted by Crippen LogP contribution is -2.58. The van der Waals surface area contributed by atoms with E-state index in [0.717, 1.165) is 16.8 Å². The number of nitrogens with zero attached hydrogens (tertiary/aromatic N) is 4. The van der Waals surface area contributed by atoms with Crippen LogP contribution in [0.4, 0.5) is 4.79 Å². The number of benzene rings is 2. The number of aliphatic imine (C=N–C) groups is 1. The third-order valence-corrected chi connectivity index (χ3v) is 10.6. The molecule has 0 bridgehead atoms. The number of ether oxygens (including phenoxy) is 2. The number of piperidine rings is 1. The zero-order valence-electron chi connectivity index (χ0n) is 28.0. The maximum Gasteiger partial charge on any atom is 0.326 e. The van der Waals surface area contributed by atoms with Crippen molar-refractivity contribution in [2.24, 2.45) is 22.7 Å². The first kappa shape index (κ1) is 33.3. The Morgan fingerprint density at radius 3 is 2.02 bits per heavy atom. The SMILES string of the molecule is CCOC(=O)C1[C@@H]2CN(C(=O)N3C(c4cnc(C(C)(C)C)cc4OCC)=N[C@@](C)(c4ccc(Cl)cc4)[C@@]3(C)c3ccc(Cl)cc3)C[C@@H]12. The van der Waals surface area contributed by atoms with Crippen LogP contribution in [0.2, 0.25) is 10.0 Å². The van der Waals surface area contributed by atoms with E-state index in [9.17, 15) is 4.79 Å². The van der Waals surface area contributed by atoms with Crippen LogP contribution in [0.3, 0.4) is 0 Å². The number of rotatable bonds is 7. The first-order chi connectivity index (χ1) is 22.2.